The number of carbonyl (C=O) groups is 3. The highest BCUT2D eigenvalue weighted by Gasteiger charge is 2.37. The second kappa shape index (κ2) is 9.84. The van der Waals surface area contributed by atoms with Crippen LogP contribution in [0.25, 0.3) is 6.08 Å². The first-order valence-electron chi connectivity index (χ1n) is 8.75. The van der Waals surface area contributed by atoms with Crippen LogP contribution >= 0.6 is 23.4 Å². The van der Waals surface area contributed by atoms with Crippen molar-refractivity contribution in [3.8, 4) is 11.5 Å². The summed E-state index contributed by atoms with van der Waals surface area (Å²) in [6.07, 6.45) is 2.26. The van der Waals surface area contributed by atoms with Gasteiger partial charge in [-0.3, -0.25) is 14.5 Å². The standard InChI is InChI=1S/C19H22ClNO6S/c1-5-11(3)21-18(23)15(28-19(21)24)9-12-7-13(20)17(14(8-12)25-4)27-10-16(22)26-6-2/h7-9,11H,5-6,10H2,1-4H3/b15-9-/t11-/m1/s1. The Labute approximate surface area is 172 Å². The molecule has 1 aliphatic rings. The van der Waals surface area contributed by atoms with E-state index in [4.69, 9.17) is 25.8 Å². The van der Waals surface area contributed by atoms with Crippen molar-refractivity contribution in [2.45, 2.75) is 33.2 Å². The van der Waals surface area contributed by atoms with Crippen LogP contribution < -0.4 is 9.47 Å². The van der Waals surface area contributed by atoms with E-state index in [1.54, 1.807) is 25.1 Å². The number of hydrogen-bond acceptors (Lipinski definition) is 7. The molecule has 2 rings (SSSR count). The van der Waals surface area contributed by atoms with Gasteiger partial charge in [0.2, 0.25) is 0 Å². The van der Waals surface area contributed by atoms with Gasteiger partial charge in [-0.15, -0.1) is 0 Å². The van der Waals surface area contributed by atoms with Crippen LogP contribution in [0.15, 0.2) is 17.0 Å². The molecule has 0 bridgehead atoms. The molecule has 28 heavy (non-hydrogen) atoms. The molecule has 1 fully saturated rings. The van der Waals surface area contributed by atoms with E-state index < -0.39 is 5.97 Å². The van der Waals surface area contributed by atoms with Gasteiger partial charge in [0.05, 0.1) is 23.6 Å². The number of ether oxygens (including phenoxy) is 3. The molecule has 1 heterocycles. The average molecular weight is 428 g/mol. The van der Waals surface area contributed by atoms with E-state index in [2.05, 4.69) is 0 Å². The molecular weight excluding hydrogens is 406 g/mol. The van der Waals surface area contributed by atoms with E-state index in [9.17, 15) is 14.4 Å². The zero-order chi connectivity index (χ0) is 20.8. The lowest BCUT2D eigenvalue weighted by Gasteiger charge is -2.19. The van der Waals surface area contributed by atoms with Gasteiger partial charge < -0.3 is 14.2 Å². The Morgan fingerprint density at radius 2 is 2.04 bits per heavy atom. The Morgan fingerprint density at radius 1 is 1.32 bits per heavy atom. The monoisotopic (exact) mass is 427 g/mol. The molecule has 152 valence electrons. The minimum atomic E-state index is -0.525. The van der Waals surface area contributed by atoms with Gasteiger partial charge >= 0.3 is 5.97 Å². The molecule has 1 atom stereocenters. The number of halogens is 1. The Kier molecular flexibility index (Phi) is 7.77. The van der Waals surface area contributed by atoms with Crippen LogP contribution in [0.3, 0.4) is 0 Å². The van der Waals surface area contributed by atoms with Crippen molar-refractivity contribution in [3.05, 3.63) is 27.6 Å². The molecule has 2 amide bonds. The molecule has 0 saturated carbocycles. The lowest BCUT2D eigenvalue weighted by atomic mass is 10.1. The second-order valence-corrected chi connectivity index (χ2v) is 7.34. The Bertz CT molecular complexity index is 810. The predicted octanol–water partition coefficient (Wildman–Crippen LogP) is 4.13. The highest BCUT2D eigenvalue weighted by atomic mass is 35.5. The maximum absolute atomic E-state index is 12.5. The van der Waals surface area contributed by atoms with Crippen molar-refractivity contribution in [1.29, 1.82) is 0 Å². The Morgan fingerprint density at radius 3 is 2.64 bits per heavy atom. The Hall–Kier alpha value is -2.19. The first-order valence-corrected chi connectivity index (χ1v) is 9.94. The summed E-state index contributed by atoms with van der Waals surface area (Å²) >= 11 is 7.16. The predicted molar refractivity (Wildman–Crippen MR) is 108 cm³/mol. The van der Waals surface area contributed by atoms with Crippen molar-refractivity contribution in [2.75, 3.05) is 20.3 Å². The van der Waals surface area contributed by atoms with E-state index in [0.717, 1.165) is 11.8 Å². The van der Waals surface area contributed by atoms with Crippen LogP contribution in [-0.2, 0) is 14.3 Å². The summed E-state index contributed by atoms with van der Waals surface area (Å²) in [5.74, 6) is -0.364. The molecule has 0 aromatic heterocycles. The van der Waals surface area contributed by atoms with Gasteiger partial charge in [-0.2, -0.15) is 0 Å². The van der Waals surface area contributed by atoms with Gasteiger partial charge in [-0.1, -0.05) is 18.5 Å². The smallest absolute Gasteiger partial charge is 0.344 e. The second-order valence-electron chi connectivity index (χ2n) is 5.94. The number of benzene rings is 1. The van der Waals surface area contributed by atoms with Crippen LogP contribution in [0.1, 0.15) is 32.8 Å². The lowest BCUT2D eigenvalue weighted by molar-refractivity contribution is -0.145. The molecule has 1 aromatic carbocycles. The van der Waals surface area contributed by atoms with Crippen molar-refractivity contribution < 1.29 is 28.6 Å². The third-order valence-electron chi connectivity index (χ3n) is 4.04. The molecular formula is C19H22ClNO6S. The first kappa shape index (κ1) is 22.1. The molecule has 0 N–H and O–H groups in total. The number of hydrogen-bond donors (Lipinski definition) is 0. The van der Waals surface area contributed by atoms with Crippen LogP contribution in [0, 0.1) is 0 Å². The molecule has 0 aliphatic carbocycles. The van der Waals surface area contributed by atoms with Gasteiger partial charge in [-0.05, 0) is 55.8 Å². The molecule has 0 spiro atoms. The maximum atomic E-state index is 12.5. The fraction of sp³-hybridized carbons (Fsp3) is 0.421. The normalized spacial score (nSPS) is 16.5. The number of rotatable bonds is 8. The molecule has 9 heteroatoms. The van der Waals surface area contributed by atoms with Crippen molar-refractivity contribution >= 4 is 46.6 Å². The highest BCUT2D eigenvalue weighted by molar-refractivity contribution is 8.18. The molecule has 1 aliphatic heterocycles. The first-order chi connectivity index (χ1) is 13.3. The molecule has 1 saturated heterocycles. The topological polar surface area (TPSA) is 82.1 Å². The molecule has 0 radical (unpaired) electrons. The zero-order valence-corrected chi connectivity index (χ0v) is 17.7. The lowest BCUT2D eigenvalue weighted by Crippen LogP contribution is -2.36. The molecule has 7 nitrogen and oxygen atoms in total. The van der Waals surface area contributed by atoms with Gasteiger partial charge in [0.15, 0.2) is 18.1 Å². The summed E-state index contributed by atoms with van der Waals surface area (Å²) in [4.78, 5) is 37.7. The van der Waals surface area contributed by atoms with Crippen LogP contribution in [0.2, 0.25) is 5.02 Å². The minimum absolute atomic E-state index is 0.171. The van der Waals surface area contributed by atoms with Crippen molar-refractivity contribution in [1.82, 2.24) is 4.90 Å². The van der Waals surface area contributed by atoms with Gasteiger partial charge in [0.25, 0.3) is 11.1 Å². The van der Waals surface area contributed by atoms with E-state index in [0.29, 0.717) is 22.6 Å². The third-order valence-corrected chi connectivity index (χ3v) is 5.21. The number of thioether (sulfide) groups is 1. The van der Waals surface area contributed by atoms with Crippen LogP contribution in [0.5, 0.6) is 11.5 Å². The number of carbonyl (C=O) groups excluding carboxylic acids is 3. The molecule has 1 aromatic rings. The third kappa shape index (κ3) is 4.99. The van der Waals surface area contributed by atoms with E-state index >= 15 is 0 Å². The summed E-state index contributed by atoms with van der Waals surface area (Å²) in [5.41, 5.74) is 0.569. The number of methoxy groups -OCH3 is 1. The highest BCUT2D eigenvalue weighted by Crippen LogP contribution is 2.39. The van der Waals surface area contributed by atoms with E-state index in [1.165, 1.54) is 12.0 Å². The minimum Gasteiger partial charge on any atom is -0.493 e. The zero-order valence-electron chi connectivity index (χ0n) is 16.1. The molecule has 0 unspecified atom stereocenters. The summed E-state index contributed by atoms with van der Waals surface area (Å²) in [6, 6.07) is 3.01. The summed E-state index contributed by atoms with van der Waals surface area (Å²) < 4.78 is 15.5. The Balaban J connectivity index is 2.27. The van der Waals surface area contributed by atoms with Gasteiger partial charge in [0.1, 0.15) is 0 Å². The van der Waals surface area contributed by atoms with Crippen LogP contribution in [-0.4, -0.2) is 48.4 Å². The number of nitrogens with zero attached hydrogens (tertiary/aromatic N) is 1. The van der Waals surface area contributed by atoms with Gasteiger partial charge in [0, 0.05) is 6.04 Å². The van der Waals surface area contributed by atoms with E-state index in [1.807, 2.05) is 13.8 Å². The summed E-state index contributed by atoms with van der Waals surface area (Å²) in [7, 11) is 1.43. The number of amides is 2. The fourth-order valence-electron chi connectivity index (χ4n) is 2.49. The number of esters is 1. The van der Waals surface area contributed by atoms with Crippen LogP contribution in [0.4, 0.5) is 4.79 Å². The summed E-state index contributed by atoms with van der Waals surface area (Å²) in [5, 5.41) is -0.0888. The van der Waals surface area contributed by atoms with Gasteiger partial charge in [-0.25, -0.2) is 4.79 Å². The quantitative estimate of drug-likeness (QED) is 0.455. The van der Waals surface area contributed by atoms with E-state index in [-0.39, 0.29) is 41.2 Å². The fourth-order valence-corrected chi connectivity index (χ4v) is 3.69. The average Bonchev–Trinajstić information content (AvgIpc) is 2.93. The SMILES string of the molecule is CCOC(=O)COc1c(Cl)cc(/C=C2\SC(=O)N([C@H](C)CC)C2=O)cc1OC. The summed E-state index contributed by atoms with van der Waals surface area (Å²) in [6.45, 7) is 5.38. The number of imide groups is 1. The van der Waals surface area contributed by atoms with Crippen molar-refractivity contribution in [2.24, 2.45) is 0 Å². The maximum Gasteiger partial charge on any atom is 0.344 e. The van der Waals surface area contributed by atoms with Crippen molar-refractivity contribution in [3.63, 3.8) is 0 Å². The largest absolute Gasteiger partial charge is 0.493 e.